The van der Waals surface area contributed by atoms with Gasteiger partial charge in [-0.3, -0.25) is 4.79 Å². The number of aromatic nitrogens is 2. The number of carbonyl (C=O) groups is 1. The number of halogens is 1. The van der Waals surface area contributed by atoms with Gasteiger partial charge in [-0.15, -0.1) is 0 Å². The highest BCUT2D eigenvalue weighted by molar-refractivity contribution is 9.10. The molecule has 0 saturated carbocycles. The van der Waals surface area contributed by atoms with Gasteiger partial charge in [-0.1, -0.05) is 5.16 Å². The van der Waals surface area contributed by atoms with Gasteiger partial charge in [0, 0.05) is 18.8 Å². The summed E-state index contributed by atoms with van der Waals surface area (Å²) in [4.78, 5) is 25.6. The maximum atomic E-state index is 10.3. The van der Waals surface area contributed by atoms with Crippen LogP contribution in [0, 0.1) is 0 Å². The van der Waals surface area contributed by atoms with Crippen LogP contribution in [0.5, 0.6) is 0 Å². The van der Waals surface area contributed by atoms with E-state index in [0.717, 1.165) is 10.2 Å². The van der Waals surface area contributed by atoms with Crippen LogP contribution in [0.3, 0.4) is 0 Å². The van der Waals surface area contributed by atoms with E-state index in [1.807, 2.05) is 4.90 Å². The summed E-state index contributed by atoms with van der Waals surface area (Å²) in [5.41, 5.74) is 0.904. The zero-order valence-electron chi connectivity index (χ0n) is 10.1. The van der Waals surface area contributed by atoms with Crippen molar-refractivity contribution in [1.29, 1.82) is 0 Å². The number of hydrogen-bond acceptors (Lipinski definition) is 6. The van der Waals surface area contributed by atoms with Crippen LogP contribution < -0.4 is 4.90 Å². The molecule has 1 saturated heterocycles. The van der Waals surface area contributed by atoms with Crippen LogP contribution in [-0.4, -0.2) is 46.5 Å². The standard InChI is InChI=1S/C11H13BrN4O3/c12-8-4-13-11(14-5-8)16-6-9(7-16)15-19-3-1-2-10(17)18/h4-5H,1-3,6-7H2,(H,17,18). The first-order valence-corrected chi connectivity index (χ1v) is 6.56. The summed E-state index contributed by atoms with van der Waals surface area (Å²) in [7, 11) is 0. The first-order valence-electron chi connectivity index (χ1n) is 5.77. The maximum absolute atomic E-state index is 10.3. The molecular formula is C11H13BrN4O3. The lowest BCUT2D eigenvalue weighted by Gasteiger charge is -2.31. The molecule has 0 atom stereocenters. The molecule has 1 aromatic rings. The minimum atomic E-state index is -0.821. The molecule has 0 amide bonds. The zero-order valence-corrected chi connectivity index (χ0v) is 11.7. The van der Waals surface area contributed by atoms with E-state index in [1.165, 1.54) is 0 Å². The monoisotopic (exact) mass is 328 g/mol. The van der Waals surface area contributed by atoms with Crippen LogP contribution in [0.2, 0.25) is 0 Å². The van der Waals surface area contributed by atoms with E-state index in [2.05, 4.69) is 31.1 Å². The van der Waals surface area contributed by atoms with Crippen molar-refractivity contribution in [2.24, 2.45) is 5.16 Å². The summed E-state index contributed by atoms with van der Waals surface area (Å²) in [6.07, 6.45) is 3.95. The van der Waals surface area contributed by atoms with Crippen molar-refractivity contribution in [3.8, 4) is 0 Å². The highest BCUT2D eigenvalue weighted by Crippen LogP contribution is 2.15. The lowest BCUT2D eigenvalue weighted by atomic mass is 10.2. The Hall–Kier alpha value is -1.70. The Balaban J connectivity index is 1.68. The number of aliphatic carboxylic acids is 1. The number of oxime groups is 1. The predicted molar refractivity (Wildman–Crippen MR) is 72.2 cm³/mol. The summed E-state index contributed by atoms with van der Waals surface area (Å²) in [6, 6.07) is 0. The largest absolute Gasteiger partial charge is 0.481 e. The molecule has 1 aliphatic rings. The van der Waals surface area contributed by atoms with Crippen molar-refractivity contribution in [2.75, 3.05) is 24.6 Å². The summed E-state index contributed by atoms with van der Waals surface area (Å²) in [6.45, 7) is 1.60. The van der Waals surface area contributed by atoms with Crippen molar-refractivity contribution >= 4 is 33.6 Å². The molecule has 1 N–H and O–H groups in total. The maximum Gasteiger partial charge on any atom is 0.303 e. The average Bonchev–Trinajstić information content (AvgIpc) is 2.32. The summed E-state index contributed by atoms with van der Waals surface area (Å²) in [5.74, 6) is -0.161. The van der Waals surface area contributed by atoms with Crippen molar-refractivity contribution in [2.45, 2.75) is 12.8 Å². The van der Waals surface area contributed by atoms with Crippen LogP contribution in [0.25, 0.3) is 0 Å². The minimum absolute atomic E-state index is 0.101. The van der Waals surface area contributed by atoms with E-state index in [0.29, 0.717) is 32.1 Å². The first-order chi connectivity index (χ1) is 9.15. The molecule has 1 aromatic heterocycles. The Labute approximate surface area is 118 Å². The van der Waals surface area contributed by atoms with Crippen LogP contribution >= 0.6 is 15.9 Å². The molecule has 1 aliphatic heterocycles. The number of rotatable bonds is 6. The lowest BCUT2D eigenvalue weighted by Crippen LogP contribution is -2.48. The third-order valence-corrected chi connectivity index (χ3v) is 2.87. The van der Waals surface area contributed by atoms with E-state index < -0.39 is 5.97 Å². The SMILES string of the molecule is O=C(O)CCCON=C1CN(c2ncc(Br)cn2)C1. The molecule has 2 heterocycles. The molecule has 2 rings (SSSR count). The number of anilines is 1. The third kappa shape index (κ3) is 4.16. The molecule has 0 aromatic carbocycles. The molecule has 102 valence electrons. The number of hydrogen-bond donors (Lipinski definition) is 1. The van der Waals surface area contributed by atoms with Gasteiger partial charge in [0.05, 0.1) is 23.3 Å². The summed E-state index contributed by atoms with van der Waals surface area (Å²) >= 11 is 3.28. The van der Waals surface area contributed by atoms with Gasteiger partial charge in [0.25, 0.3) is 0 Å². The van der Waals surface area contributed by atoms with E-state index in [1.54, 1.807) is 12.4 Å². The minimum Gasteiger partial charge on any atom is -0.481 e. The van der Waals surface area contributed by atoms with Gasteiger partial charge < -0.3 is 14.8 Å². The number of nitrogens with zero attached hydrogens (tertiary/aromatic N) is 4. The van der Waals surface area contributed by atoms with E-state index in [4.69, 9.17) is 9.94 Å². The molecule has 0 aliphatic carbocycles. The zero-order chi connectivity index (χ0) is 13.7. The second-order valence-corrected chi connectivity index (χ2v) is 4.96. The quantitative estimate of drug-likeness (QED) is 0.625. The van der Waals surface area contributed by atoms with Gasteiger partial charge in [-0.2, -0.15) is 0 Å². The van der Waals surface area contributed by atoms with Crippen LogP contribution in [0.15, 0.2) is 22.0 Å². The van der Waals surface area contributed by atoms with Gasteiger partial charge in [0.2, 0.25) is 5.95 Å². The molecule has 0 unspecified atom stereocenters. The normalized spacial score (nSPS) is 13.9. The van der Waals surface area contributed by atoms with Crippen molar-refractivity contribution in [3.63, 3.8) is 0 Å². The smallest absolute Gasteiger partial charge is 0.303 e. The van der Waals surface area contributed by atoms with Gasteiger partial charge >= 0.3 is 5.97 Å². The van der Waals surface area contributed by atoms with E-state index in [-0.39, 0.29) is 6.42 Å². The van der Waals surface area contributed by atoms with Gasteiger partial charge in [0.1, 0.15) is 6.61 Å². The van der Waals surface area contributed by atoms with Crippen LogP contribution in [0.1, 0.15) is 12.8 Å². The summed E-state index contributed by atoms with van der Waals surface area (Å²) in [5, 5.41) is 12.4. The van der Waals surface area contributed by atoms with Gasteiger partial charge in [-0.25, -0.2) is 9.97 Å². The second-order valence-electron chi connectivity index (χ2n) is 4.05. The Kier molecular flexibility index (Phi) is 4.67. The fraction of sp³-hybridized carbons (Fsp3) is 0.455. The molecule has 8 heteroatoms. The predicted octanol–water partition coefficient (Wildman–Crippen LogP) is 1.30. The fourth-order valence-electron chi connectivity index (χ4n) is 1.49. The summed E-state index contributed by atoms with van der Waals surface area (Å²) < 4.78 is 0.840. The molecule has 7 nitrogen and oxygen atoms in total. The molecule has 0 bridgehead atoms. The Bertz CT molecular complexity index is 469. The van der Waals surface area contributed by atoms with Crippen LogP contribution in [0.4, 0.5) is 5.95 Å². The molecule has 0 radical (unpaired) electrons. The first kappa shape index (κ1) is 13.7. The molecule has 1 fully saturated rings. The third-order valence-electron chi connectivity index (χ3n) is 2.46. The van der Waals surface area contributed by atoms with E-state index >= 15 is 0 Å². The fourth-order valence-corrected chi connectivity index (χ4v) is 1.69. The van der Waals surface area contributed by atoms with Crippen molar-refractivity contribution in [3.05, 3.63) is 16.9 Å². The van der Waals surface area contributed by atoms with Crippen molar-refractivity contribution < 1.29 is 14.7 Å². The average molecular weight is 329 g/mol. The van der Waals surface area contributed by atoms with Gasteiger partial charge in [0.15, 0.2) is 0 Å². The van der Waals surface area contributed by atoms with E-state index in [9.17, 15) is 4.79 Å². The Morgan fingerprint density at radius 2 is 2.16 bits per heavy atom. The Morgan fingerprint density at radius 1 is 1.47 bits per heavy atom. The van der Waals surface area contributed by atoms with Crippen LogP contribution in [-0.2, 0) is 9.63 Å². The highest BCUT2D eigenvalue weighted by atomic mass is 79.9. The van der Waals surface area contributed by atoms with Gasteiger partial charge in [-0.05, 0) is 22.4 Å². The molecule has 19 heavy (non-hydrogen) atoms. The molecule has 0 spiro atoms. The topological polar surface area (TPSA) is 87.9 Å². The number of carboxylic acid groups (broad SMARTS) is 1. The van der Waals surface area contributed by atoms with Crippen molar-refractivity contribution in [1.82, 2.24) is 9.97 Å². The lowest BCUT2D eigenvalue weighted by molar-refractivity contribution is -0.137. The highest BCUT2D eigenvalue weighted by Gasteiger charge is 2.24. The number of carboxylic acids is 1. The Morgan fingerprint density at radius 3 is 2.79 bits per heavy atom. The molecular weight excluding hydrogens is 316 g/mol. The second kappa shape index (κ2) is 6.46.